The normalized spacial score (nSPS) is 19.5. The summed E-state index contributed by atoms with van der Waals surface area (Å²) in [5.74, 6) is -4.80. The molecular formula is C19H20Cl2N2O5. The molecule has 2 aliphatic rings. The van der Waals surface area contributed by atoms with Gasteiger partial charge in [-0.3, -0.25) is 4.79 Å². The number of carbonyl (C=O) groups is 3. The van der Waals surface area contributed by atoms with E-state index in [-0.39, 0.29) is 6.54 Å². The first-order valence-electron chi connectivity index (χ1n) is 8.98. The van der Waals surface area contributed by atoms with Gasteiger partial charge in [0.05, 0.1) is 0 Å². The molecule has 2 heterocycles. The van der Waals surface area contributed by atoms with Crippen molar-refractivity contribution in [3.8, 4) is 0 Å². The molecule has 3 rings (SSSR count). The Balaban J connectivity index is 2.06. The molecule has 1 amide bonds. The lowest BCUT2D eigenvalue weighted by atomic mass is 9.87. The van der Waals surface area contributed by atoms with Crippen LogP contribution in [0.1, 0.15) is 19.8 Å². The molecule has 2 aliphatic heterocycles. The maximum Gasteiger partial charge on any atom is 0.340 e. The number of hydrogen-bond donors (Lipinski definition) is 1. The van der Waals surface area contributed by atoms with Crippen molar-refractivity contribution < 1.29 is 23.9 Å². The highest BCUT2D eigenvalue weighted by Crippen LogP contribution is 2.37. The predicted octanol–water partition coefficient (Wildman–Crippen LogP) is 2.70. The third-order valence-corrected chi connectivity index (χ3v) is 5.19. The second-order valence-electron chi connectivity index (χ2n) is 6.54. The largest absolute Gasteiger partial charge is 0.410 e. The van der Waals surface area contributed by atoms with Crippen LogP contribution in [-0.4, -0.2) is 43.3 Å². The molecule has 9 heteroatoms. The molecule has 1 aromatic carbocycles. The molecule has 1 aromatic rings. The van der Waals surface area contributed by atoms with Crippen LogP contribution in [0.15, 0.2) is 30.4 Å². The zero-order chi connectivity index (χ0) is 20.3. The number of piperidine rings is 1. The van der Waals surface area contributed by atoms with E-state index in [0.29, 0.717) is 41.7 Å². The van der Waals surface area contributed by atoms with Crippen LogP contribution in [0.3, 0.4) is 0 Å². The van der Waals surface area contributed by atoms with E-state index in [0.717, 1.165) is 12.2 Å². The number of amides is 1. The number of hydrogen-bond acceptors (Lipinski definition) is 6. The van der Waals surface area contributed by atoms with Gasteiger partial charge in [0, 0.05) is 40.3 Å². The number of esters is 2. The van der Waals surface area contributed by atoms with Crippen molar-refractivity contribution in [2.45, 2.75) is 25.6 Å². The zero-order valence-electron chi connectivity index (χ0n) is 15.2. The molecule has 0 spiro atoms. The Labute approximate surface area is 172 Å². The molecular weight excluding hydrogens is 407 g/mol. The number of nitrogens with zero attached hydrogens (tertiary/aromatic N) is 1. The van der Waals surface area contributed by atoms with Gasteiger partial charge in [0.1, 0.15) is 0 Å². The molecule has 0 saturated carbocycles. The summed E-state index contributed by atoms with van der Waals surface area (Å²) in [5, 5.41) is 3.88. The van der Waals surface area contributed by atoms with Gasteiger partial charge in [-0.05, 0) is 51.1 Å². The minimum absolute atomic E-state index is 0.227. The summed E-state index contributed by atoms with van der Waals surface area (Å²) >= 11 is 12.2. The Morgan fingerprint density at radius 3 is 2.14 bits per heavy atom. The molecule has 150 valence electrons. The SMILES string of the molecule is CCN(C(=O)C1(C2CCNCC2)OC(=O)C=CC(=O)O1)c1cc(Cl)cc(Cl)c1. The number of carbonyl (C=O) groups excluding carboxylic acids is 3. The number of nitrogens with one attached hydrogen (secondary N) is 1. The van der Waals surface area contributed by atoms with Crippen LogP contribution >= 0.6 is 23.2 Å². The number of halogens is 2. The van der Waals surface area contributed by atoms with Gasteiger partial charge < -0.3 is 19.7 Å². The Morgan fingerprint density at radius 2 is 1.64 bits per heavy atom. The van der Waals surface area contributed by atoms with E-state index in [1.807, 2.05) is 0 Å². The van der Waals surface area contributed by atoms with E-state index in [4.69, 9.17) is 32.7 Å². The van der Waals surface area contributed by atoms with Crippen LogP contribution in [-0.2, 0) is 23.9 Å². The molecule has 7 nitrogen and oxygen atoms in total. The highest BCUT2D eigenvalue weighted by molar-refractivity contribution is 6.35. The van der Waals surface area contributed by atoms with Crippen LogP contribution in [0, 0.1) is 5.92 Å². The third-order valence-electron chi connectivity index (χ3n) is 4.76. The third kappa shape index (κ3) is 4.16. The van der Waals surface area contributed by atoms with Gasteiger partial charge >= 0.3 is 23.6 Å². The van der Waals surface area contributed by atoms with Crippen molar-refractivity contribution in [3.63, 3.8) is 0 Å². The second-order valence-corrected chi connectivity index (χ2v) is 7.42. The average molecular weight is 427 g/mol. The molecule has 0 unspecified atom stereocenters. The van der Waals surface area contributed by atoms with Crippen molar-refractivity contribution in [2.24, 2.45) is 5.92 Å². The van der Waals surface area contributed by atoms with Gasteiger partial charge in [0.2, 0.25) is 0 Å². The molecule has 0 bridgehead atoms. The first-order valence-corrected chi connectivity index (χ1v) is 9.74. The van der Waals surface area contributed by atoms with Gasteiger partial charge in [-0.15, -0.1) is 0 Å². The van der Waals surface area contributed by atoms with Crippen LogP contribution in [0.2, 0.25) is 10.0 Å². The van der Waals surface area contributed by atoms with Crippen LogP contribution in [0.4, 0.5) is 5.69 Å². The number of cyclic esters (lactones) is 2. The first kappa shape index (κ1) is 20.6. The summed E-state index contributed by atoms with van der Waals surface area (Å²) in [4.78, 5) is 39.4. The second kappa shape index (κ2) is 8.51. The fourth-order valence-corrected chi connectivity index (χ4v) is 4.00. The standard InChI is InChI=1S/C19H20Cl2N2O5/c1-2-23(15-10-13(20)9-14(21)11-15)18(26)19(12-5-7-22-8-6-12)27-16(24)3-4-17(25)28-19/h3-4,9-12,22H,2,5-8H2,1H3. The van der Waals surface area contributed by atoms with E-state index >= 15 is 0 Å². The van der Waals surface area contributed by atoms with E-state index in [1.165, 1.54) is 4.90 Å². The Bertz CT molecular complexity index is 780. The Kier molecular flexibility index (Phi) is 6.27. The van der Waals surface area contributed by atoms with Crippen molar-refractivity contribution >= 4 is 46.7 Å². The predicted molar refractivity (Wildman–Crippen MR) is 104 cm³/mol. The molecule has 0 aromatic heterocycles. The molecule has 28 heavy (non-hydrogen) atoms. The number of likely N-dealkylation sites (N-methyl/N-ethyl adjacent to an activating group) is 1. The average Bonchev–Trinajstić information content (AvgIpc) is 2.81. The highest BCUT2D eigenvalue weighted by Gasteiger charge is 2.55. The molecule has 0 radical (unpaired) electrons. The van der Waals surface area contributed by atoms with E-state index in [1.54, 1.807) is 25.1 Å². The first-order chi connectivity index (χ1) is 13.4. The van der Waals surface area contributed by atoms with Gasteiger partial charge in [-0.2, -0.15) is 0 Å². The van der Waals surface area contributed by atoms with Gasteiger partial charge in [-0.1, -0.05) is 23.2 Å². The topological polar surface area (TPSA) is 84.9 Å². The van der Waals surface area contributed by atoms with Crippen molar-refractivity contribution in [1.82, 2.24) is 5.32 Å². The van der Waals surface area contributed by atoms with E-state index in [2.05, 4.69) is 5.32 Å². The molecule has 1 saturated heterocycles. The minimum Gasteiger partial charge on any atom is -0.410 e. The fourth-order valence-electron chi connectivity index (χ4n) is 3.48. The highest BCUT2D eigenvalue weighted by atomic mass is 35.5. The zero-order valence-corrected chi connectivity index (χ0v) is 16.8. The summed E-state index contributed by atoms with van der Waals surface area (Å²) in [5.41, 5.74) is 0.419. The number of benzene rings is 1. The summed E-state index contributed by atoms with van der Waals surface area (Å²) in [6, 6.07) is 4.69. The molecule has 1 N–H and O–H groups in total. The van der Waals surface area contributed by atoms with Gasteiger partial charge in [-0.25, -0.2) is 9.59 Å². The lowest BCUT2D eigenvalue weighted by Gasteiger charge is -2.40. The maximum atomic E-state index is 13.7. The minimum atomic E-state index is -2.05. The van der Waals surface area contributed by atoms with Crippen LogP contribution in [0.5, 0.6) is 0 Å². The molecule has 0 aliphatic carbocycles. The fraction of sp³-hybridized carbons (Fsp3) is 0.421. The summed E-state index contributed by atoms with van der Waals surface area (Å²) in [6.45, 7) is 3.20. The van der Waals surface area contributed by atoms with E-state index in [9.17, 15) is 14.4 Å². The molecule has 1 fully saturated rings. The summed E-state index contributed by atoms with van der Waals surface area (Å²) in [7, 11) is 0. The maximum absolute atomic E-state index is 13.7. The van der Waals surface area contributed by atoms with Crippen molar-refractivity contribution in [3.05, 3.63) is 40.4 Å². The van der Waals surface area contributed by atoms with Crippen LogP contribution in [0.25, 0.3) is 0 Å². The van der Waals surface area contributed by atoms with E-state index < -0.39 is 29.6 Å². The number of ether oxygens (including phenoxy) is 2. The lowest BCUT2D eigenvalue weighted by Crippen LogP contribution is -2.60. The van der Waals surface area contributed by atoms with Crippen molar-refractivity contribution in [2.75, 3.05) is 24.5 Å². The number of rotatable bonds is 4. The summed E-state index contributed by atoms with van der Waals surface area (Å²) in [6.07, 6.45) is 2.93. The smallest absolute Gasteiger partial charge is 0.340 e. The quantitative estimate of drug-likeness (QED) is 0.744. The van der Waals surface area contributed by atoms with Gasteiger partial charge in [0.15, 0.2) is 0 Å². The number of anilines is 1. The summed E-state index contributed by atoms with van der Waals surface area (Å²) < 4.78 is 11.0. The monoisotopic (exact) mass is 426 g/mol. The lowest BCUT2D eigenvalue weighted by molar-refractivity contribution is -0.236. The Hall–Kier alpha value is -2.09. The Morgan fingerprint density at radius 1 is 1.11 bits per heavy atom. The van der Waals surface area contributed by atoms with Crippen LogP contribution < -0.4 is 10.2 Å². The van der Waals surface area contributed by atoms with Crippen molar-refractivity contribution in [1.29, 1.82) is 0 Å². The van der Waals surface area contributed by atoms with Gasteiger partial charge in [0.25, 0.3) is 0 Å². The molecule has 0 atom stereocenters.